The van der Waals surface area contributed by atoms with Crippen LogP contribution in [0.1, 0.15) is 43.2 Å². The second-order valence-electron chi connectivity index (χ2n) is 8.40. The van der Waals surface area contributed by atoms with Crippen molar-refractivity contribution in [3.63, 3.8) is 0 Å². The SMILES string of the molecule is COc1cc(OC)c(C(CC(=O)N2CCCC(C)C2)c2ccc3c(c2)OCO3)c(OC)c1. The molecule has 0 saturated carbocycles. The van der Waals surface area contributed by atoms with E-state index in [2.05, 4.69) is 6.92 Å². The van der Waals surface area contributed by atoms with E-state index in [0.717, 1.165) is 37.1 Å². The van der Waals surface area contributed by atoms with Crippen LogP contribution in [0.2, 0.25) is 0 Å². The monoisotopic (exact) mass is 441 g/mol. The Morgan fingerprint density at radius 3 is 2.44 bits per heavy atom. The molecule has 2 aliphatic rings. The third kappa shape index (κ3) is 4.42. The van der Waals surface area contributed by atoms with Gasteiger partial charge in [-0.2, -0.15) is 0 Å². The molecule has 7 nitrogen and oxygen atoms in total. The number of rotatable bonds is 7. The first-order valence-corrected chi connectivity index (χ1v) is 11.0. The Morgan fingerprint density at radius 1 is 1.06 bits per heavy atom. The highest BCUT2D eigenvalue weighted by atomic mass is 16.7. The van der Waals surface area contributed by atoms with Gasteiger partial charge in [-0.15, -0.1) is 0 Å². The van der Waals surface area contributed by atoms with Crippen molar-refractivity contribution in [3.8, 4) is 28.7 Å². The number of fused-ring (bicyclic) bond motifs is 1. The van der Waals surface area contributed by atoms with Crippen molar-refractivity contribution in [1.29, 1.82) is 0 Å². The standard InChI is InChI=1S/C25H31NO6/c1-16-6-5-9-26(14-16)24(27)13-19(17-7-8-20-21(10-17)32-15-31-20)25-22(29-3)11-18(28-2)12-23(25)30-4/h7-8,10-12,16,19H,5-6,9,13-15H2,1-4H3. The lowest BCUT2D eigenvalue weighted by Gasteiger charge is -2.32. The van der Waals surface area contributed by atoms with E-state index in [0.29, 0.717) is 41.1 Å². The number of ether oxygens (including phenoxy) is 5. The zero-order chi connectivity index (χ0) is 22.7. The van der Waals surface area contributed by atoms with Crippen molar-refractivity contribution in [2.75, 3.05) is 41.2 Å². The highest BCUT2D eigenvalue weighted by molar-refractivity contribution is 5.78. The third-order valence-electron chi connectivity index (χ3n) is 6.29. The average molecular weight is 442 g/mol. The van der Waals surface area contributed by atoms with E-state index < -0.39 is 0 Å². The van der Waals surface area contributed by atoms with E-state index in [1.165, 1.54) is 0 Å². The van der Waals surface area contributed by atoms with Crippen LogP contribution >= 0.6 is 0 Å². The van der Waals surface area contributed by atoms with E-state index in [9.17, 15) is 4.79 Å². The molecule has 0 aliphatic carbocycles. The molecule has 1 saturated heterocycles. The maximum absolute atomic E-state index is 13.4. The number of hydrogen-bond donors (Lipinski definition) is 0. The van der Waals surface area contributed by atoms with Crippen LogP contribution in [0.15, 0.2) is 30.3 Å². The Balaban J connectivity index is 1.77. The largest absolute Gasteiger partial charge is 0.496 e. The van der Waals surface area contributed by atoms with Crippen LogP contribution in [0.5, 0.6) is 28.7 Å². The molecule has 1 fully saturated rings. The second kappa shape index (κ2) is 9.59. The highest BCUT2D eigenvalue weighted by Crippen LogP contribution is 2.45. The molecule has 0 aromatic heterocycles. The summed E-state index contributed by atoms with van der Waals surface area (Å²) in [4.78, 5) is 15.4. The number of carbonyl (C=O) groups excluding carboxylic acids is 1. The quantitative estimate of drug-likeness (QED) is 0.641. The lowest BCUT2D eigenvalue weighted by atomic mass is 9.86. The summed E-state index contributed by atoms with van der Waals surface area (Å²) in [7, 11) is 4.83. The first-order chi connectivity index (χ1) is 15.5. The molecule has 2 heterocycles. The Kier molecular flexibility index (Phi) is 6.63. The van der Waals surface area contributed by atoms with Crippen LogP contribution < -0.4 is 23.7 Å². The van der Waals surface area contributed by atoms with Gasteiger partial charge in [0.1, 0.15) is 17.2 Å². The summed E-state index contributed by atoms with van der Waals surface area (Å²) in [6, 6.07) is 9.47. The van der Waals surface area contributed by atoms with Gasteiger partial charge in [0.15, 0.2) is 11.5 Å². The second-order valence-corrected chi connectivity index (χ2v) is 8.40. The lowest BCUT2D eigenvalue weighted by Crippen LogP contribution is -2.39. The van der Waals surface area contributed by atoms with Gasteiger partial charge in [-0.1, -0.05) is 13.0 Å². The minimum absolute atomic E-state index is 0.124. The molecule has 0 bridgehead atoms. The predicted octanol–water partition coefficient (Wildman–Crippen LogP) is 4.22. The first-order valence-electron chi connectivity index (χ1n) is 11.0. The Bertz CT molecular complexity index is 950. The van der Waals surface area contributed by atoms with Crippen LogP contribution in [0.3, 0.4) is 0 Å². The van der Waals surface area contributed by atoms with Crippen LogP contribution in [0.4, 0.5) is 0 Å². The number of carbonyl (C=O) groups is 1. The summed E-state index contributed by atoms with van der Waals surface area (Å²) < 4.78 is 28.0. The fourth-order valence-electron chi connectivity index (χ4n) is 4.61. The summed E-state index contributed by atoms with van der Waals surface area (Å²) in [5, 5.41) is 0. The van der Waals surface area contributed by atoms with Crippen LogP contribution in [0.25, 0.3) is 0 Å². The van der Waals surface area contributed by atoms with Gasteiger partial charge in [-0.05, 0) is 36.5 Å². The van der Waals surface area contributed by atoms with Gasteiger partial charge in [-0.3, -0.25) is 4.79 Å². The van der Waals surface area contributed by atoms with Gasteiger partial charge in [0.05, 0.1) is 21.3 Å². The number of nitrogens with zero attached hydrogens (tertiary/aromatic N) is 1. The Labute approximate surface area is 189 Å². The molecule has 2 atom stereocenters. The average Bonchev–Trinajstić information content (AvgIpc) is 3.29. The minimum atomic E-state index is -0.287. The predicted molar refractivity (Wildman–Crippen MR) is 120 cm³/mol. The molecule has 7 heteroatoms. The normalized spacial score (nSPS) is 18.2. The number of benzene rings is 2. The molecular formula is C25H31NO6. The van der Waals surface area contributed by atoms with Crippen LogP contribution in [-0.2, 0) is 4.79 Å². The van der Waals surface area contributed by atoms with Crippen molar-refractivity contribution in [2.45, 2.75) is 32.1 Å². The number of likely N-dealkylation sites (tertiary alicyclic amines) is 1. The van der Waals surface area contributed by atoms with Gasteiger partial charge in [0.25, 0.3) is 0 Å². The van der Waals surface area contributed by atoms with Crippen LogP contribution in [0, 0.1) is 5.92 Å². The molecule has 32 heavy (non-hydrogen) atoms. The highest BCUT2D eigenvalue weighted by Gasteiger charge is 2.31. The van der Waals surface area contributed by atoms with Crippen molar-refractivity contribution in [1.82, 2.24) is 4.90 Å². The summed E-state index contributed by atoms with van der Waals surface area (Å²) in [6.07, 6.45) is 2.50. The van der Waals surface area contributed by atoms with E-state index >= 15 is 0 Å². The third-order valence-corrected chi connectivity index (χ3v) is 6.29. The first kappa shape index (κ1) is 22.1. The van der Waals surface area contributed by atoms with Crippen molar-refractivity contribution < 1.29 is 28.5 Å². The molecule has 0 N–H and O–H groups in total. The number of amides is 1. The summed E-state index contributed by atoms with van der Waals surface area (Å²) in [6.45, 7) is 3.99. The summed E-state index contributed by atoms with van der Waals surface area (Å²) >= 11 is 0. The molecule has 0 radical (unpaired) electrons. The maximum atomic E-state index is 13.4. The molecule has 0 spiro atoms. The van der Waals surface area contributed by atoms with E-state index in [1.807, 2.05) is 35.2 Å². The van der Waals surface area contributed by atoms with E-state index in [4.69, 9.17) is 23.7 Å². The van der Waals surface area contributed by atoms with Gasteiger partial charge < -0.3 is 28.6 Å². The Hall–Kier alpha value is -3.09. The Morgan fingerprint density at radius 2 is 1.78 bits per heavy atom. The number of piperidine rings is 1. The van der Waals surface area contributed by atoms with Gasteiger partial charge in [0, 0.05) is 43.1 Å². The molecule has 4 rings (SSSR count). The molecule has 2 aliphatic heterocycles. The minimum Gasteiger partial charge on any atom is -0.496 e. The smallest absolute Gasteiger partial charge is 0.231 e. The van der Waals surface area contributed by atoms with E-state index in [1.54, 1.807) is 21.3 Å². The van der Waals surface area contributed by atoms with Crippen molar-refractivity contribution >= 4 is 5.91 Å². The lowest BCUT2D eigenvalue weighted by molar-refractivity contribution is -0.133. The molecule has 172 valence electrons. The fraction of sp³-hybridized carbons (Fsp3) is 0.480. The van der Waals surface area contributed by atoms with Gasteiger partial charge in [0.2, 0.25) is 12.7 Å². The number of methoxy groups -OCH3 is 3. The maximum Gasteiger partial charge on any atom is 0.231 e. The summed E-state index contributed by atoms with van der Waals surface area (Å²) in [5.74, 6) is 3.59. The fourth-order valence-corrected chi connectivity index (χ4v) is 4.61. The van der Waals surface area contributed by atoms with Crippen LogP contribution in [-0.4, -0.2) is 52.0 Å². The molecule has 2 aromatic carbocycles. The zero-order valence-electron chi connectivity index (χ0n) is 19.2. The topological polar surface area (TPSA) is 66.5 Å². The molecular weight excluding hydrogens is 410 g/mol. The summed E-state index contributed by atoms with van der Waals surface area (Å²) in [5.41, 5.74) is 1.75. The van der Waals surface area contributed by atoms with Gasteiger partial charge >= 0.3 is 0 Å². The zero-order valence-corrected chi connectivity index (χ0v) is 19.2. The van der Waals surface area contributed by atoms with E-state index in [-0.39, 0.29) is 18.6 Å². The van der Waals surface area contributed by atoms with Crippen molar-refractivity contribution in [3.05, 3.63) is 41.5 Å². The van der Waals surface area contributed by atoms with Gasteiger partial charge in [-0.25, -0.2) is 0 Å². The molecule has 2 unspecified atom stereocenters. The number of hydrogen-bond acceptors (Lipinski definition) is 6. The van der Waals surface area contributed by atoms with Crippen molar-refractivity contribution in [2.24, 2.45) is 5.92 Å². The molecule has 1 amide bonds. The molecule has 2 aromatic rings.